The van der Waals surface area contributed by atoms with E-state index in [1.54, 1.807) is 0 Å². The Balaban J connectivity index is 3.68. The van der Waals surface area contributed by atoms with E-state index in [0.29, 0.717) is 0 Å². The molecule has 14 heavy (non-hydrogen) atoms. The van der Waals surface area contributed by atoms with Crippen LogP contribution in [0.1, 0.15) is 0 Å². The molecule has 0 bridgehead atoms. The van der Waals surface area contributed by atoms with Gasteiger partial charge in [-0.05, 0) is 0 Å². The molecule has 0 aliphatic heterocycles. The van der Waals surface area contributed by atoms with Crippen LogP contribution in [0.2, 0.25) is 15.1 Å². The lowest BCUT2D eigenvalue weighted by molar-refractivity contribution is -0.387. The van der Waals surface area contributed by atoms with Gasteiger partial charge in [-0.2, -0.15) is 4.39 Å². The first kappa shape index (κ1) is 11.4. The molecule has 76 valence electrons. The minimum absolute atomic E-state index is 0.584. The molecule has 0 spiro atoms. The van der Waals surface area contributed by atoms with Gasteiger partial charge in [0.05, 0.1) is 9.95 Å². The van der Waals surface area contributed by atoms with Crippen LogP contribution in [0.15, 0.2) is 0 Å². The zero-order chi connectivity index (χ0) is 11.0. The summed E-state index contributed by atoms with van der Waals surface area (Å²) in [6.07, 6.45) is 0. The van der Waals surface area contributed by atoms with E-state index in [2.05, 4.69) is 0 Å². The number of halogens is 5. The fourth-order valence-electron chi connectivity index (χ4n) is 0.754. The van der Waals surface area contributed by atoms with Crippen molar-refractivity contribution in [2.75, 3.05) is 0 Å². The van der Waals surface area contributed by atoms with Crippen molar-refractivity contribution in [1.29, 1.82) is 0 Å². The average molecular weight is 262 g/mol. The molecule has 3 nitrogen and oxygen atoms in total. The van der Waals surface area contributed by atoms with Crippen molar-refractivity contribution in [2.24, 2.45) is 0 Å². The predicted molar refractivity (Wildman–Crippen MR) is 48.0 cm³/mol. The molecular weight excluding hydrogens is 262 g/mol. The number of benzene rings is 1. The molecule has 0 saturated carbocycles. The van der Waals surface area contributed by atoms with Crippen molar-refractivity contribution in [1.82, 2.24) is 0 Å². The zero-order valence-electron chi connectivity index (χ0n) is 6.15. The summed E-state index contributed by atoms with van der Waals surface area (Å²) in [5.41, 5.74) is -1.22. The molecule has 0 aliphatic rings. The zero-order valence-corrected chi connectivity index (χ0v) is 8.42. The molecule has 0 amide bonds. The molecule has 0 atom stereocenters. The molecule has 1 aromatic carbocycles. The lowest BCUT2D eigenvalue weighted by Gasteiger charge is -2.03. The number of nitro groups is 1. The summed E-state index contributed by atoms with van der Waals surface area (Å²) in [5, 5.41) is 8.19. The van der Waals surface area contributed by atoms with E-state index in [4.69, 9.17) is 34.8 Å². The second-order valence-corrected chi connectivity index (χ2v) is 3.31. The minimum Gasteiger partial charge on any atom is -0.258 e. The summed E-state index contributed by atoms with van der Waals surface area (Å²) in [4.78, 5) is 9.09. The molecule has 0 N–H and O–H groups in total. The normalized spacial score (nSPS) is 10.4. The van der Waals surface area contributed by atoms with Gasteiger partial charge in [0.25, 0.3) is 0 Å². The Labute approximate surface area is 91.3 Å². The Hall–Kier alpha value is -0.650. The quantitative estimate of drug-likeness (QED) is 0.334. The largest absolute Gasteiger partial charge is 0.327 e. The maximum absolute atomic E-state index is 12.9. The highest BCUT2D eigenvalue weighted by molar-refractivity contribution is 6.49. The van der Waals surface area contributed by atoms with E-state index < -0.39 is 37.3 Å². The van der Waals surface area contributed by atoms with Gasteiger partial charge in [0.2, 0.25) is 5.82 Å². The Morgan fingerprint density at radius 2 is 1.50 bits per heavy atom. The average Bonchev–Trinajstić information content (AvgIpc) is 2.11. The maximum atomic E-state index is 12.9. The van der Waals surface area contributed by atoms with Gasteiger partial charge in [0.15, 0.2) is 5.82 Å². The topological polar surface area (TPSA) is 43.1 Å². The summed E-state index contributed by atoms with van der Waals surface area (Å²) < 4.78 is 25.7. The molecule has 0 fully saturated rings. The van der Waals surface area contributed by atoms with Gasteiger partial charge >= 0.3 is 5.69 Å². The molecule has 8 heteroatoms. The molecule has 0 aromatic heterocycles. The van der Waals surface area contributed by atoms with E-state index in [9.17, 15) is 18.9 Å². The molecule has 0 aliphatic carbocycles. The predicted octanol–water partition coefficient (Wildman–Crippen LogP) is 3.83. The maximum Gasteiger partial charge on any atom is 0.327 e. The molecule has 0 radical (unpaired) electrons. The second kappa shape index (κ2) is 3.84. The van der Waals surface area contributed by atoms with Crippen LogP contribution in [0.3, 0.4) is 0 Å². The number of nitrogens with zero attached hydrogens (tertiary/aromatic N) is 1. The van der Waals surface area contributed by atoms with Gasteiger partial charge < -0.3 is 0 Å². The van der Waals surface area contributed by atoms with Crippen molar-refractivity contribution in [3.63, 3.8) is 0 Å². The molecule has 0 saturated heterocycles. The summed E-state index contributed by atoms with van der Waals surface area (Å²) in [6, 6.07) is 0. The third kappa shape index (κ3) is 1.63. The fourth-order valence-corrected chi connectivity index (χ4v) is 1.40. The number of rotatable bonds is 1. The molecular formula is C6Cl3F2NO2. The highest BCUT2D eigenvalue weighted by Crippen LogP contribution is 2.41. The van der Waals surface area contributed by atoms with E-state index in [1.165, 1.54) is 0 Å². The van der Waals surface area contributed by atoms with Gasteiger partial charge in [-0.25, -0.2) is 4.39 Å². The third-order valence-electron chi connectivity index (χ3n) is 1.37. The van der Waals surface area contributed by atoms with Crippen LogP contribution in [0.5, 0.6) is 0 Å². The first-order valence-corrected chi connectivity index (χ1v) is 4.17. The summed E-state index contributed by atoms with van der Waals surface area (Å²) >= 11 is 15.8. The van der Waals surface area contributed by atoms with Crippen molar-refractivity contribution < 1.29 is 13.7 Å². The van der Waals surface area contributed by atoms with Crippen LogP contribution in [-0.4, -0.2) is 4.92 Å². The van der Waals surface area contributed by atoms with E-state index in [0.717, 1.165) is 0 Å². The standard InChI is InChI=1S/C6Cl3F2NO2/c7-1-2(8)4(10)5(11)6(3(1)9)12(13)14. The van der Waals surface area contributed by atoms with E-state index >= 15 is 0 Å². The summed E-state index contributed by atoms with van der Waals surface area (Å²) in [7, 11) is 0. The van der Waals surface area contributed by atoms with Crippen LogP contribution in [0.25, 0.3) is 0 Å². The van der Waals surface area contributed by atoms with Crippen molar-refractivity contribution >= 4 is 40.5 Å². The first-order chi connectivity index (χ1) is 6.37. The van der Waals surface area contributed by atoms with Crippen LogP contribution in [0.4, 0.5) is 14.5 Å². The lowest BCUT2D eigenvalue weighted by atomic mass is 10.3. The van der Waals surface area contributed by atoms with Crippen LogP contribution >= 0.6 is 34.8 Å². The summed E-state index contributed by atoms with van der Waals surface area (Å²) in [5.74, 6) is -3.32. The Morgan fingerprint density at radius 3 is 1.93 bits per heavy atom. The lowest BCUT2D eigenvalue weighted by Crippen LogP contribution is -1.98. The van der Waals surface area contributed by atoms with E-state index in [1.807, 2.05) is 0 Å². The van der Waals surface area contributed by atoms with Crippen LogP contribution in [-0.2, 0) is 0 Å². The van der Waals surface area contributed by atoms with Crippen molar-refractivity contribution in [3.05, 3.63) is 36.8 Å². The fraction of sp³-hybridized carbons (Fsp3) is 0. The number of hydrogen-bond acceptors (Lipinski definition) is 2. The molecule has 1 aromatic rings. The third-order valence-corrected chi connectivity index (χ3v) is 2.66. The number of hydrogen-bond donors (Lipinski definition) is 0. The summed E-state index contributed by atoms with van der Waals surface area (Å²) in [6.45, 7) is 0. The molecule has 0 heterocycles. The Morgan fingerprint density at radius 1 is 1.00 bits per heavy atom. The Kier molecular flexibility index (Phi) is 3.14. The Bertz CT molecular complexity index is 395. The van der Waals surface area contributed by atoms with Gasteiger partial charge in [-0.3, -0.25) is 10.1 Å². The SMILES string of the molecule is O=[N+]([O-])c1c(F)c(F)c(Cl)c(Cl)c1Cl. The van der Waals surface area contributed by atoms with Gasteiger partial charge in [-0.15, -0.1) is 0 Å². The molecule has 1 rings (SSSR count). The molecule has 0 unspecified atom stereocenters. The minimum atomic E-state index is -1.73. The van der Waals surface area contributed by atoms with Gasteiger partial charge in [0, 0.05) is 0 Å². The second-order valence-electron chi connectivity index (χ2n) is 2.18. The van der Waals surface area contributed by atoms with Crippen LogP contribution in [0, 0.1) is 21.7 Å². The highest BCUT2D eigenvalue weighted by atomic mass is 35.5. The van der Waals surface area contributed by atoms with Crippen LogP contribution < -0.4 is 0 Å². The first-order valence-electron chi connectivity index (χ1n) is 3.03. The number of nitro benzene ring substituents is 1. The monoisotopic (exact) mass is 261 g/mol. The highest BCUT2D eigenvalue weighted by Gasteiger charge is 2.29. The van der Waals surface area contributed by atoms with Crippen molar-refractivity contribution in [3.8, 4) is 0 Å². The van der Waals surface area contributed by atoms with Gasteiger partial charge in [-0.1, -0.05) is 34.8 Å². The van der Waals surface area contributed by atoms with Crippen molar-refractivity contribution in [2.45, 2.75) is 0 Å². The van der Waals surface area contributed by atoms with Gasteiger partial charge in [0.1, 0.15) is 10.0 Å². The smallest absolute Gasteiger partial charge is 0.258 e. The van der Waals surface area contributed by atoms with E-state index in [-0.39, 0.29) is 0 Å².